The second kappa shape index (κ2) is 7.40. The molecule has 3 rings (SSSR count). The highest BCUT2D eigenvalue weighted by Crippen LogP contribution is 2.31. The van der Waals surface area contributed by atoms with E-state index in [1.165, 1.54) is 11.8 Å². The van der Waals surface area contributed by atoms with Crippen molar-refractivity contribution < 1.29 is 14.3 Å². The number of carbonyl (C=O) groups is 2. The number of amides is 2. The third-order valence-corrected chi connectivity index (χ3v) is 4.74. The van der Waals surface area contributed by atoms with E-state index >= 15 is 0 Å². The summed E-state index contributed by atoms with van der Waals surface area (Å²) in [5.74, 6) is 1.14. The average Bonchev–Trinajstić information content (AvgIpc) is 2.59. The lowest BCUT2D eigenvalue weighted by atomic mass is 10.1. The minimum atomic E-state index is -0.0561. The molecule has 2 aromatic rings. The van der Waals surface area contributed by atoms with Gasteiger partial charge in [-0.15, -0.1) is 11.8 Å². The SMILES string of the molecule is COc1cccc(CC(=O)NCc2ccc3c(c2)NC(=O)CS3)c1. The van der Waals surface area contributed by atoms with Crippen molar-refractivity contribution in [3.63, 3.8) is 0 Å². The maximum atomic E-state index is 12.1. The van der Waals surface area contributed by atoms with E-state index in [-0.39, 0.29) is 11.8 Å². The molecule has 2 aromatic carbocycles. The molecule has 0 saturated carbocycles. The van der Waals surface area contributed by atoms with Crippen LogP contribution in [-0.2, 0) is 22.6 Å². The molecule has 0 atom stereocenters. The van der Waals surface area contributed by atoms with Crippen LogP contribution in [0, 0.1) is 0 Å². The Bertz CT molecular complexity index is 777. The molecule has 0 saturated heterocycles. The van der Waals surface area contributed by atoms with Crippen molar-refractivity contribution >= 4 is 29.3 Å². The van der Waals surface area contributed by atoms with E-state index in [1.54, 1.807) is 7.11 Å². The largest absolute Gasteiger partial charge is 0.497 e. The predicted octanol–water partition coefficient (Wildman–Crippen LogP) is 2.60. The lowest BCUT2D eigenvalue weighted by Gasteiger charge is -2.17. The van der Waals surface area contributed by atoms with Crippen LogP contribution >= 0.6 is 11.8 Å². The van der Waals surface area contributed by atoms with Gasteiger partial charge in [-0.3, -0.25) is 9.59 Å². The van der Waals surface area contributed by atoms with Gasteiger partial charge in [-0.05, 0) is 35.4 Å². The van der Waals surface area contributed by atoms with E-state index in [1.807, 2.05) is 42.5 Å². The Morgan fingerprint density at radius 3 is 2.96 bits per heavy atom. The maximum Gasteiger partial charge on any atom is 0.234 e. The van der Waals surface area contributed by atoms with Crippen LogP contribution in [0.5, 0.6) is 5.75 Å². The van der Waals surface area contributed by atoms with Crippen LogP contribution < -0.4 is 15.4 Å². The third-order valence-electron chi connectivity index (χ3n) is 3.67. The minimum Gasteiger partial charge on any atom is -0.497 e. The van der Waals surface area contributed by atoms with Crippen LogP contribution in [0.4, 0.5) is 5.69 Å². The van der Waals surface area contributed by atoms with E-state index in [0.29, 0.717) is 18.7 Å². The Morgan fingerprint density at radius 1 is 1.25 bits per heavy atom. The number of rotatable bonds is 5. The van der Waals surface area contributed by atoms with Gasteiger partial charge >= 0.3 is 0 Å². The average molecular weight is 342 g/mol. The zero-order valence-corrected chi connectivity index (χ0v) is 14.1. The molecule has 1 heterocycles. The standard InChI is InChI=1S/C18H18N2O3S/c1-23-14-4-2-3-12(7-14)9-17(21)19-10-13-5-6-16-15(8-13)20-18(22)11-24-16/h2-8H,9-11H2,1H3,(H,19,21)(H,20,22). The third kappa shape index (κ3) is 4.08. The number of carbonyl (C=O) groups excluding carboxylic acids is 2. The molecule has 6 heteroatoms. The van der Waals surface area contributed by atoms with Gasteiger partial charge in [0.25, 0.3) is 0 Å². The Balaban J connectivity index is 1.58. The lowest BCUT2D eigenvalue weighted by molar-refractivity contribution is -0.120. The summed E-state index contributed by atoms with van der Waals surface area (Å²) in [5.41, 5.74) is 2.67. The van der Waals surface area contributed by atoms with Gasteiger partial charge in [-0.1, -0.05) is 18.2 Å². The Morgan fingerprint density at radius 2 is 2.12 bits per heavy atom. The second-order valence-corrected chi connectivity index (χ2v) is 6.49. The quantitative estimate of drug-likeness (QED) is 0.876. The van der Waals surface area contributed by atoms with E-state index in [0.717, 1.165) is 27.5 Å². The van der Waals surface area contributed by atoms with Crippen molar-refractivity contribution in [3.8, 4) is 5.75 Å². The maximum absolute atomic E-state index is 12.1. The van der Waals surface area contributed by atoms with Crippen molar-refractivity contribution in [2.75, 3.05) is 18.2 Å². The van der Waals surface area contributed by atoms with Crippen LogP contribution in [0.2, 0.25) is 0 Å². The van der Waals surface area contributed by atoms with Gasteiger partial charge < -0.3 is 15.4 Å². The zero-order chi connectivity index (χ0) is 16.9. The van der Waals surface area contributed by atoms with Crippen molar-refractivity contribution in [2.45, 2.75) is 17.9 Å². The van der Waals surface area contributed by atoms with Crippen LogP contribution in [0.3, 0.4) is 0 Å². The fraction of sp³-hybridized carbons (Fsp3) is 0.222. The number of hydrogen-bond donors (Lipinski definition) is 2. The second-order valence-electron chi connectivity index (χ2n) is 5.47. The lowest BCUT2D eigenvalue weighted by Crippen LogP contribution is -2.25. The molecule has 0 aliphatic carbocycles. The molecule has 0 unspecified atom stereocenters. The highest BCUT2D eigenvalue weighted by atomic mass is 32.2. The Labute approximate surface area is 144 Å². The van der Waals surface area contributed by atoms with Gasteiger partial charge in [-0.25, -0.2) is 0 Å². The summed E-state index contributed by atoms with van der Waals surface area (Å²) < 4.78 is 5.16. The normalized spacial score (nSPS) is 13.0. The molecular weight excluding hydrogens is 324 g/mol. The van der Waals surface area contributed by atoms with E-state index in [2.05, 4.69) is 10.6 Å². The molecule has 24 heavy (non-hydrogen) atoms. The van der Waals surface area contributed by atoms with Gasteiger partial charge in [0.15, 0.2) is 0 Å². The number of thioether (sulfide) groups is 1. The van der Waals surface area contributed by atoms with Crippen molar-refractivity contribution in [2.24, 2.45) is 0 Å². The number of hydrogen-bond acceptors (Lipinski definition) is 4. The van der Waals surface area contributed by atoms with Crippen LogP contribution in [0.15, 0.2) is 47.4 Å². The first-order valence-corrected chi connectivity index (χ1v) is 8.58. The molecule has 1 aliphatic heterocycles. The number of ether oxygens (including phenoxy) is 1. The summed E-state index contributed by atoms with van der Waals surface area (Å²) >= 11 is 1.52. The van der Waals surface area contributed by atoms with Crippen LogP contribution in [-0.4, -0.2) is 24.7 Å². The minimum absolute atomic E-state index is 0.00621. The zero-order valence-electron chi connectivity index (χ0n) is 13.3. The molecule has 0 bridgehead atoms. The number of nitrogens with one attached hydrogen (secondary N) is 2. The van der Waals surface area contributed by atoms with Crippen LogP contribution in [0.1, 0.15) is 11.1 Å². The van der Waals surface area contributed by atoms with Gasteiger partial charge in [-0.2, -0.15) is 0 Å². The summed E-state index contributed by atoms with van der Waals surface area (Å²) in [7, 11) is 1.60. The molecule has 5 nitrogen and oxygen atoms in total. The van der Waals surface area contributed by atoms with E-state index < -0.39 is 0 Å². The highest BCUT2D eigenvalue weighted by Gasteiger charge is 2.15. The first-order chi connectivity index (χ1) is 11.6. The van der Waals surface area contributed by atoms with Gasteiger partial charge in [0.1, 0.15) is 5.75 Å². The molecule has 2 N–H and O–H groups in total. The number of anilines is 1. The molecule has 1 aliphatic rings. The highest BCUT2D eigenvalue weighted by molar-refractivity contribution is 8.00. The molecule has 0 aromatic heterocycles. The topological polar surface area (TPSA) is 67.4 Å². The molecular formula is C18H18N2O3S. The van der Waals surface area contributed by atoms with E-state index in [4.69, 9.17) is 4.74 Å². The van der Waals surface area contributed by atoms with Crippen molar-refractivity contribution in [3.05, 3.63) is 53.6 Å². The molecule has 2 amide bonds. The smallest absolute Gasteiger partial charge is 0.234 e. The van der Waals surface area contributed by atoms with Gasteiger partial charge in [0, 0.05) is 11.4 Å². The van der Waals surface area contributed by atoms with Crippen molar-refractivity contribution in [1.82, 2.24) is 5.32 Å². The number of methoxy groups -OCH3 is 1. The monoisotopic (exact) mass is 342 g/mol. The molecule has 0 fully saturated rings. The fourth-order valence-electron chi connectivity index (χ4n) is 2.47. The molecule has 0 spiro atoms. The summed E-state index contributed by atoms with van der Waals surface area (Å²) in [6.45, 7) is 0.427. The first-order valence-electron chi connectivity index (χ1n) is 7.59. The Kier molecular flexibility index (Phi) is 5.05. The van der Waals surface area contributed by atoms with Gasteiger partial charge in [0.05, 0.1) is 25.0 Å². The summed E-state index contributed by atoms with van der Waals surface area (Å²) in [6.07, 6.45) is 0.300. The van der Waals surface area contributed by atoms with Gasteiger partial charge in [0.2, 0.25) is 11.8 Å². The van der Waals surface area contributed by atoms with E-state index in [9.17, 15) is 9.59 Å². The van der Waals surface area contributed by atoms with Crippen LogP contribution in [0.25, 0.3) is 0 Å². The fourth-order valence-corrected chi connectivity index (χ4v) is 3.26. The summed E-state index contributed by atoms with van der Waals surface area (Å²) in [5, 5.41) is 5.76. The molecule has 124 valence electrons. The molecule has 0 radical (unpaired) electrons. The number of fused-ring (bicyclic) bond motifs is 1. The Hall–Kier alpha value is -2.47. The summed E-state index contributed by atoms with van der Waals surface area (Å²) in [4.78, 5) is 24.6. The number of benzene rings is 2. The summed E-state index contributed by atoms with van der Waals surface area (Å²) in [6, 6.07) is 13.3. The predicted molar refractivity (Wildman–Crippen MR) is 94.3 cm³/mol. The van der Waals surface area contributed by atoms with Crippen molar-refractivity contribution in [1.29, 1.82) is 0 Å². The first kappa shape index (κ1) is 16.4.